The third-order valence-electron chi connectivity index (χ3n) is 6.75. The van der Waals surface area contributed by atoms with E-state index in [0.29, 0.717) is 0 Å². The van der Waals surface area contributed by atoms with Crippen LogP contribution in [0.3, 0.4) is 0 Å². The highest BCUT2D eigenvalue weighted by Gasteiger charge is 2.46. The Morgan fingerprint density at radius 3 is 2.50 bits per heavy atom. The van der Waals surface area contributed by atoms with Gasteiger partial charge in [-0.1, -0.05) is 31.9 Å². The van der Waals surface area contributed by atoms with Crippen LogP contribution in [0.2, 0.25) is 0 Å². The Labute approximate surface area is 169 Å². The topological polar surface area (TPSA) is 63.7 Å². The minimum absolute atomic E-state index is 0.0810. The molecule has 0 spiro atoms. The molecule has 0 amide bonds. The smallest absolute Gasteiger partial charge is 0.316 e. The molecular formula is C22H33NO4S. The predicted octanol–water partition coefficient (Wildman–Crippen LogP) is 3.42. The van der Waals surface area contributed by atoms with Crippen molar-refractivity contribution in [2.75, 3.05) is 26.4 Å². The fraction of sp³-hybridized carbons (Fsp3) is 0.682. The molecule has 156 valence electrons. The molecule has 2 fully saturated rings. The van der Waals surface area contributed by atoms with Crippen molar-refractivity contribution in [2.24, 2.45) is 11.8 Å². The summed E-state index contributed by atoms with van der Waals surface area (Å²) in [5.41, 5.74) is -0.0619. The summed E-state index contributed by atoms with van der Waals surface area (Å²) in [6, 6.07) is 6.89. The van der Waals surface area contributed by atoms with Gasteiger partial charge in [-0.2, -0.15) is 0 Å². The van der Waals surface area contributed by atoms with Gasteiger partial charge in [0.25, 0.3) is 0 Å². The van der Waals surface area contributed by atoms with Gasteiger partial charge >= 0.3 is 5.97 Å². The third-order valence-corrected chi connectivity index (χ3v) is 7.86. The monoisotopic (exact) mass is 407 g/mol. The number of likely N-dealkylation sites (tertiary alicyclic amines) is 1. The van der Waals surface area contributed by atoms with Crippen LogP contribution in [0.4, 0.5) is 0 Å². The van der Waals surface area contributed by atoms with Crippen LogP contribution >= 0.6 is 0 Å². The molecular weight excluding hydrogens is 374 g/mol. The lowest BCUT2D eigenvalue weighted by atomic mass is 9.70. The summed E-state index contributed by atoms with van der Waals surface area (Å²) in [6.45, 7) is 5.92. The lowest BCUT2D eigenvalue weighted by Crippen LogP contribution is -2.47. The van der Waals surface area contributed by atoms with Crippen molar-refractivity contribution < 1.29 is 17.9 Å². The van der Waals surface area contributed by atoms with Crippen LogP contribution in [-0.2, 0) is 24.8 Å². The van der Waals surface area contributed by atoms with Gasteiger partial charge in [-0.05, 0) is 56.8 Å². The van der Waals surface area contributed by atoms with E-state index in [1.54, 1.807) is 18.2 Å². The lowest BCUT2D eigenvalue weighted by Gasteiger charge is -2.39. The summed E-state index contributed by atoms with van der Waals surface area (Å²) >= 11 is 0. The third kappa shape index (κ3) is 4.28. The van der Waals surface area contributed by atoms with Crippen molar-refractivity contribution >= 4 is 15.8 Å². The van der Waals surface area contributed by atoms with E-state index < -0.39 is 15.3 Å². The predicted molar refractivity (Wildman–Crippen MR) is 110 cm³/mol. The number of carbonyl (C=O) groups is 1. The van der Waals surface area contributed by atoms with E-state index in [4.69, 9.17) is 4.74 Å². The van der Waals surface area contributed by atoms with Crippen molar-refractivity contribution in [3.05, 3.63) is 29.8 Å². The Morgan fingerprint density at radius 1 is 1.21 bits per heavy atom. The molecule has 1 heterocycles. The Morgan fingerprint density at radius 2 is 1.89 bits per heavy atom. The van der Waals surface area contributed by atoms with E-state index in [1.165, 1.54) is 6.26 Å². The standard InChI is InChI=1S/C22H33NO4S/c1-16-15-23(3)13-12-20(16)27-21(24)22(2,17-8-5-6-9-17)18-10-7-11-19(14-18)28(4,25)26/h7,10-11,14,16-17,20H,5-6,8-9,12-13,15H2,1-4H3. The minimum Gasteiger partial charge on any atom is -0.461 e. The highest BCUT2D eigenvalue weighted by molar-refractivity contribution is 7.90. The molecule has 1 aliphatic carbocycles. The molecule has 0 N–H and O–H groups in total. The Bertz CT molecular complexity index is 816. The maximum atomic E-state index is 13.5. The molecule has 3 atom stereocenters. The van der Waals surface area contributed by atoms with Crippen LogP contribution < -0.4 is 0 Å². The summed E-state index contributed by atoms with van der Waals surface area (Å²) in [5, 5.41) is 0. The van der Waals surface area contributed by atoms with Gasteiger partial charge in [0.2, 0.25) is 0 Å². The van der Waals surface area contributed by atoms with Gasteiger partial charge in [0.05, 0.1) is 10.3 Å². The van der Waals surface area contributed by atoms with E-state index in [-0.39, 0.29) is 28.8 Å². The highest BCUT2D eigenvalue weighted by Crippen LogP contribution is 2.44. The Balaban J connectivity index is 1.93. The number of benzene rings is 1. The van der Waals surface area contributed by atoms with Gasteiger partial charge in [-0.3, -0.25) is 4.79 Å². The van der Waals surface area contributed by atoms with E-state index in [0.717, 1.165) is 50.8 Å². The number of rotatable bonds is 5. The molecule has 5 nitrogen and oxygen atoms in total. The molecule has 3 unspecified atom stereocenters. The summed E-state index contributed by atoms with van der Waals surface area (Å²) in [5.74, 6) is 0.265. The van der Waals surface area contributed by atoms with Gasteiger partial charge in [-0.15, -0.1) is 0 Å². The average Bonchev–Trinajstić information content (AvgIpc) is 3.18. The van der Waals surface area contributed by atoms with E-state index in [9.17, 15) is 13.2 Å². The summed E-state index contributed by atoms with van der Waals surface area (Å²) in [6.07, 6.45) is 6.11. The summed E-state index contributed by atoms with van der Waals surface area (Å²) in [7, 11) is -1.24. The second-order valence-electron chi connectivity index (χ2n) is 8.96. The van der Waals surface area contributed by atoms with Gasteiger partial charge in [0.1, 0.15) is 6.10 Å². The molecule has 2 aliphatic rings. The van der Waals surface area contributed by atoms with E-state index >= 15 is 0 Å². The van der Waals surface area contributed by atoms with E-state index in [1.807, 2.05) is 13.0 Å². The van der Waals surface area contributed by atoms with Crippen LogP contribution in [0.15, 0.2) is 29.2 Å². The van der Waals surface area contributed by atoms with Crippen molar-refractivity contribution in [1.82, 2.24) is 4.90 Å². The molecule has 3 rings (SSSR count). The van der Waals surface area contributed by atoms with Gasteiger partial charge in [0.15, 0.2) is 9.84 Å². The number of hydrogen-bond donors (Lipinski definition) is 0. The zero-order valence-electron chi connectivity index (χ0n) is 17.5. The van der Waals surface area contributed by atoms with Crippen molar-refractivity contribution in [3.8, 4) is 0 Å². The second kappa shape index (κ2) is 8.15. The van der Waals surface area contributed by atoms with Crippen molar-refractivity contribution in [1.29, 1.82) is 0 Å². The molecule has 6 heteroatoms. The fourth-order valence-corrected chi connectivity index (χ4v) is 5.51. The first kappa shape index (κ1) is 21.3. The number of ether oxygens (including phenoxy) is 1. The number of sulfone groups is 1. The zero-order chi connectivity index (χ0) is 20.5. The number of nitrogens with zero attached hydrogens (tertiary/aromatic N) is 1. The van der Waals surface area contributed by atoms with Crippen LogP contribution in [0.5, 0.6) is 0 Å². The van der Waals surface area contributed by atoms with Crippen molar-refractivity contribution in [2.45, 2.75) is 62.4 Å². The first-order valence-electron chi connectivity index (χ1n) is 10.3. The Kier molecular flexibility index (Phi) is 6.20. The normalized spacial score (nSPS) is 26.7. The lowest BCUT2D eigenvalue weighted by molar-refractivity contribution is -0.163. The summed E-state index contributed by atoms with van der Waals surface area (Å²) in [4.78, 5) is 16.0. The van der Waals surface area contributed by atoms with Crippen LogP contribution in [-0.4, -0.2) is 51.8 Å². The van der Waals surface area contributed by atoms with Gasteiger partial charge in [0, 0.05) is 25.3 Å². The highest BCUT2D eigenvalue weighted by atomic mass is 32.2. The second-order valence-corrected chi connectivity index (χ2v) is 11.0. The molecule has 1 aliphatic heterocycles. The number of hydrogen-bond acceptors (Lipinski definition) is 5. The molecule has 1 saturated carbocycles. The first-order valence-corrected chi connectivity index (χ1v) is 12.2. The number of carbonyl (C=O) groups excluding carboxylic acids is 1. The van der Waals surface area contributed by atoms with Crippen LogP contribution in [0.1, 0.15) is 51.5 Å². The molecule has 28 heavy (non-hydrogen) atoms. The quantitative estimate of drug-likeness (QED) is 0.700. The maximum absolute atomic E-state index is 13.5. The molecule has 1 aromatic rings. The molecule has 1 saturated heterocycles. The fourth-order valence-electron chi connectivity index (χ4n) is 4.84. The first-order chi connectivity index (χ1) is 13.1. The number of esters is 1. The molecule has 0 radical (unpaired) electrons. The van der Waals surface area contributed by atoms with Crippen LogP contribution in [0, 0.1) is 11.8 Å². The number of piperidine rings is 1. The van der Waals surface area contributed by atoms with Gasteiger partial charge < -0.3 is 9.64 Å². The summed E-state index contributed by atoms with van der Waals surface area (Å²) < 4.78 is 30.2. The van der Waals surface area contributed by atoms with E-state index in [2.05, 4.69) is 18.9 Å². The molecule has 1 aromatic carbocycles. The average molecular weight is 408 g/mol. The zero-order valence-corrected chi connectivity index (χ0v) is 18.3. The Hall–Kier alpha value is -1.40. The maximum Gasteiger partial charge on any atom is 0.316 e. The van der Waals surface area contributed by atoms with Gasteiger partial charge in [-0.25, -0.2) is 8.42 Å². The minimum atomic E-state index is -3.33. The SMILES string of the molecule is CC1CN(C)CCC1OC(=O)C(C)(c1cccc(S(C)(=O)=O)c1)C1CCCC1. The largest absolute Gasteiger partial charge is 0.461 e. The van der Waals surface area contributed by atoms with Crippen molar-refractivity contribution in [3.63, 3.8) is 0 Å². The molecule has 0 aromatic heterocycles. The van der Waals surface area contributed by atoms with Crippen LogP contribution in [0.25, 0.3) is 0 Å². The molecule has 0 bridgehead atoms.